The van der Waals surface area contributed by atoms with Crippen LogP contribution in [0.3, 0.4) is 0 Å². The van der Waals surface area contributed by atoms with E-state index in [-0.39, 0.29) is 25.4 Å². The highest BCUT2D eigenvalue weighted by atomic mass is 16.5. The van der Waals surface area contributed by atoms with Crippen LogP contribution in [0.2, 0.25) is 0 Å². The summed E-state index contributed by atoms with van der Waals surface area (Å²) in [6, 6.07) is -0.427. The lowest BCUT2D eigenvalue weighted by atomic mass is 10.0. The van der Waals surface area contributed by atoms with Gasteiger partial charge in [0.1, 0.15) is 6.54 Å². The number of hydrogen-bond donors (Lipinski definition) is 2. The predicted molar refractivity (Wildman–Crippen MR) is 64.1 cm³/mol. The van der Waals surface area contributed by atoms with E-state index >= 15 is 0 Å². The molecule has 7 heteroatoms. The predicted octanol–water partition coefficient (Wildman–Crippen LogP) is 0.302. The minimum atomic E-state index is -0.890. The third-order valence-electron chi connectivity index (χ3n) is 2.52. The average Bonchev–Trinajstić information content (AvgIpc) is 2.33. The first-order valence-corrected chi connectivity index (χ1v) is 5.68. The van der Waals surface area contributed by atoms with Crippen LogP contribution in [0.5, 0.6) is 0 Å². The van der Waals surface area contributed by atoms with E-state index in [1.165, 1.54) is 19.1 Å². The highest BCUT2D eigenvalue weighted by Gasteiger charge is 2.16. The maximum atomic E-state index is 11.6. The molecule has 0 rings (SSSR count). The Balaban J connectivity index is 4.07. The van der Waals surface area contributed by atoms with E-state index in [1.807, 2.05) is 6.92 Å². The van der Waals surface area contributed by atoms with Gasteiger partial charge < -0.3 is 20.1 Å². The normalized spacial score (nSPS) is 11.5. The third kappa shape index (κ3) is 6.72. The summed E-state index contributed by atoms with van der Waals surface area (Å²) >= 11 is 0. The van der Waals surface area contributed by atoms with Crippen LogP contribution in [0.25, 0.3) is 0 Å². The van der Waals surface area contributed by atoms with Crippen LogP contribution in [0.1, 0.15) is 19.8 Å². The van der Waals surface area contributed by atoms with Crippen molar-refractivity contribution < 1.29 is 24.2 Å². The van der Waals surface area contributed by atoms with Gasteiger partial charge in [-0.15, -0.1) is 0 Å². The van der Waals surface area contributed by atoms with E-state index in [4.69, 9.17) is 5.11 Å². The topological polar surface area (TPSA) is 95.9 Å². The molecule has 2 amide bonds. The van der Waals surface area contributed by atoms with Crippen molar-refractivity contribution in [1.82, 2.24) is 10.2 Å². The smallest absolute Gasteiger partial charge is 0.325 e. The van der Waals surface area contributed by atoms with Gasteiger partial charge in [0.25, 0.3) is 0 Å². The second-order valence-corrected chi connectivity index (χ2v) is 3.99. The fourth-order valence-electron chi connectivity index (χ4n) is 1.30. The standard InChI is InChI=1S/C11H20N2O5/c1-4-8(5-9(14)15)6-12-11(17)13(2)7-10(16)18-3/h8H,4-7H2,1-3H3,(H,12,17)(H,14,15). The number of carboxylic acid groups (broad SMARTS) is 1. The van der Waals surface area contributed by atoms with Crippen molar-refractivity contribution in [3.8, 4) is 0 Å². The zero-order valence-corrected chi connectivity index (χ0v) is 10.9. The Bertz CT molecular complexity index is 306. The molecule has 1 atom stereocenters. The van der Waals surface area contributed by atoms with Gasteiger partial charge >= 0.3 is 18.0 Å². The molecule has 0 aromatic heterocycles. The zero-order valence-electron chi connectivity index (χ0n) is 10.9. The summed E-state index contributed by atoms with van der Waals surface area (Å²) in [7, 11) is 2.71. The fraction of sp³-hybridized carbons (Fsp3) is 0.727. The Kier molecular flexibility index (Phi) is 7.50. The number of urea groups is 1. The van der Waals surface area contributed by atoms with E-state index in [2.05, 4.69) is 10.1 Å². The Labute approximate surface area is 106 Å². The third-order valence-corrected chi connectivity index (χ3v) is 2.52. The first kappa shape index (κ1) is 16.2. The lowest BCUT2D eigenvalue weighted by Crippen LogP contribution is -2.42. The summed E-state index contributed by atoms with van der Waals surface area (Å²) in [6.07, 6.45) is 0.671. The van der Waals surface area contributed by atoms with Crippen LogP contribution in [0, 0.1) is 5.92 Å². The molecule has 0 radical (unpaired) electrons. The van der Waals surface area contributed by atoms with Gasteiger partial charge in [-0.25, -0.2) is 4.79 Å². The number of carboxylic acids is 1. The largest absolute Gasteiger partial charge is 0.481 e. The van der Waals surface area contributed by atoms with Crippen molar-refractivity contribution in [2.75, 3.05) is 27.2 Å². The number of rotatable bonds is 7. The molecular weight excluding hydrogens is 240 g/mol. The van der Waals surface area contributed by atoms with Gasteiger partial charge in [-0.2, -0.15) is 0 Å². The molecule has 104 valence electrons. The maximum absolute atomic E-state index is 11.6. The highest BCUT2D eigenvalue weighted by Crippen LogP contribution is 2.06. The number of carbonyl (C=O) groups excluding carboxylic acids is 2. The molecule has 2 N–H and O–H groups in total. The summed E-state index contributed by atoms with van der Waals surface area (Å²) in [6.45, 7) is 1.99. The van der Waals surface area contributed by atoms with Gasteiger partial charge in [-0.05, 0) is 5.92 Å². The molecule has 18 heavy (non-hydrogen) atoms. The number of likely N-dealkylation sites (N-methyl/N-ethyl adjacent to an activating group) is 1. The van der Waals surface area contributed by atoms with Crippen LogP contribution in [-0.2, 0) is 14.3 Å². The van der Waals surface area contributed by atoms with Crippen LogP contribution >= 0.6 is 0 Å². The summed E-state index contributed by atoms with van der Waals surface area (Å²) in [5.41, 5.74) is 0. The number of carbonyl (C=O) groups is 3. The average molecular weight is 260 g/mol. The number of hydrogen-bond acceptors (Lipinski definition) is 4. The van der Waals surface area contributed by atoms with E-state index in [0.717, 1.165) is 0 Å². The van der Waals surface area contributed by atoms with Crippen LogP contribution in [0.4, 0.5) is 4.79 Å². The van der Waals surface area contributed by atoms with E-state index in [0.29, 0.717) is 6.42 Å². The van der Waals surface area contributed by atoms with Crippen molar-refractivity contribution >= 4 is 18.0 Å². The van der Waals surface area contributed by atoms with Crippen molar-refractivity contribution in [2.45, 2.75) is 19.8 Å². The van der Waals surface area contributed by atoms with Crippen LogP contribution < -0.4 is 5.32 Å². The minimum Gasteiger partial charge on any atom is -0.481 e. The Hall–Kier alpha value is -1.79. The Morgan fingerprint density at radius 3 is 2.44 bits per heavy atom. The molecule has 0 saturated carbocycles. The number of esters is 1. The molecule has 7 nitrogen and oxygen atoms in total. The van der Waals surface area contributed by atoms with Gasteiger partial charge in [0.05, 0.1) is 7.11 Å². The van der Waals surface area contributed by atoms with Crippen LogP contribution in [0.15, 0.2) is 0 Å². The SMILES string of the molecule is CCC(CNC(=O)N(C)CC(=O)OC)CC(=O)O. The highest BCUT2D eigenvalue weighted by molar-refractivity contribution is 5.80. The van der Waals surface area contributed by atoms with Gasteiger partial charge in [-0.1, -0.05) is 13.3 Å². The molecule has 0 aliphatic heterocycles. The fourth-order valence-corrected chi connectivity index (χ4v) is 1.30. The number of methoxy groups -OCH3 is 1. The lowest BCUT2D eigenvalue weighted by molar-refractivity contribution is -0.141. The molecule has 0 aliphatic carbocycles. The maximum Gasteiger partial charge on any atom is 0.325 e. The number of ether oxygens (including phenoxy) is 1. The molecule has 0 fully saturated rings. The molecule has 0 heterocycles. The molecule has 0 aromatic rings. The van der Waals surface area contributed by atoms with Crippen molar-refractivity contribution in [3.63, 3.8) is 0 Å². The number of nitrogens with zero attached hydrogens (tertiary/aromatic N) is 1. The van der Waals surface area contributed by atoms with Gasteiger partial charge in [0, 0.05) is 20.0 Å². The molecule has 0 aromatic carbocycles. The lowest BCUT2D eigenvalue weighted by Gasteiger charge is -2.19. The van der Waals surface area contributed by atoms with Crippen molar-refractivity contribution in [2.24, 2.45) is 5.92 Å². The summed E-state index contributed by atoms with van der Waals surface area (Å²) in [5.74, 6) is -1.51. The first-order valence-electron chi connectivity index (χ1n) is 5.68. The van der Waals surface area contributed by atoms with E-state index in [9.17, 15) is 14.4 Å². The molecular formula is C11H20N2O5. The summed E-state index contributed by atoms with van der Waals surface area (Å²) < 4.78 is 4.43. The molecule has 0 saturated heterocycles. The zero-order chi connectivity index (χ0) is 14.1. The van der Waals surface area contributed by atoms with Gasteiger partial charge in [0.15, 0.2) is 0 Å². The van der Waals surface area contributed by atoms with Crippen LogP contribution in [-0.4, -0.2) is 55.2 Å². The molecule has 0 spiro atoms. The van der Waals surface area contributed by atoms with Gasteiger partial charge in [-0.3, -0.25) is 9.59 Å². The number of nitrogens with one attached hydrogen (secondary N) is 1. The number of amides is 2. The first-order chi connectivity index (χ1) is 8.40. The second-order valence-electron chi connectivity index (χ2n) is 3.99. The Morgan fingerprint density at radius 2 is 2.00 bits per heavy atom. The molecule has 0 bridgehead atoms. The summed E-state index contributed by atoms with van der Waals surface area (Å²) in [4.78, 5) is 34.2. The minimum absolute atomic E-state index is 0.0114. The molecule has 1 unspecified atom stereocenters. The second kappa shape index (κ2) is 8.32. The quantitative estimate of drug-likeness (QED) is 0.642. The van der Waals surface area contributed by atoms with Crippen molar-refractivity contribution in [1.29, 1.82) is 0 Å². The Morgan fingerprint density at radius 1 is 1.39 bits per heavy atom. The van der Waals surface area contributed by atoms with E-state index < -0.39 is 18.0 Å². The van der Waals surface area contributed by atoms with Crippen molar-refractivity contribution in [3.05, 3.63) is 0 Å². The van der Waals surface area contributed by atoms with Gasteiger partial charge in [0.2, 0.25) is 0 Å². The monoisotopic (exact) mass is 260 g/mol. The van der Waals surface area contributed by atoms with E-state index in [1.54, 1.807) is 0 Å². The number of aliphatic carboxylic acids is 1. The molecule has 0 aliphatic rings. The summed E-state index contributed by atoms with van der Waals surface area (Å²) in [5, 5.41) is 11.2.